The number of halogens is 3. The number of rotatable bonds is 7. The van der Waals surface area contributed by atoms with Crippen molar-refractivity contribution in [1.29, 1.82) is 0 Å². The van der Waals surface area contributed by atoms with Gasteiger partial charge in [0.25, 0.3) is 5.56 Å². The minimum atomic E-state index is -4.62. The number of benzene rings is 5. The van der Waals surface area contributed by atoms with Crippen molar-refractivity contribution < 1.29 is 22.8 Å². The Labute approximate surface area is 247 Å². The van der Waals surface area contributed by atoms with Gasteiger partial charge in [-0.2, -0.15) is 22.9 Å². The zero-order valence-corrected chi connectivity index (χ0v) is 22.7. The van der Waals surface area contributed by atoms with Gasteiger partial charge in [-0.25, -0.2) is 4.98 Å². The molecule has 0 aliphatic heterocycles. The summed E-state index contributed by atoms with van der Waals surface area (Å²) in [6, 6.07) is 28.3. The molecule has 0 spiro atoms. The fourth-order valence-corrected chi connectivity index (χ4v) is 4.89. The minimum absolute atomic E-state index is 0.00000963. The minimum Gasteiger partial charge on any atom is -0.481 e. The van der Waals surface area contributed by atoms with Gasteiger partial charge in [0.05, 0.1) is 27.6 Å². The molecule has 0 aliphatic rings. The number of hydrogen-bond donors (Lipinski definition) is 0. The molecule has 44 heavy (non-hydrogen) atoms. The fourth-order valence-electron chi connectivity index (χ4n) is 4.89. The Morgan fingerprint density at radius 3 is 2.39 bits per heavy atom. The molecule has 0 saturated carbocycles. The molecule has 0 fully saturated rings. The highest BCUT2D eigenvalue weighted by Gasteiger charge is 2.31. The number of hydrogen-bond acceptors (Lipinski definition) is 6. The molecule has 1 heterocycles. The van der Waals surface area contributed by atoms with E-state index in [-0.39, 0.29) is 45.9 Å². The van der Waals surface area contributed by atoms with Crippen molar-refractivity contribution in [2.75, 3.05) is 0 Å². The van der Waals surface area contributed by atoms with Crippen molar-refractivity contribution in [2.45, 2.75) is 12.8 Å². The van der Waals surface area contributed by atoms with Crippen LogP contribution in [0.4, 0.5) is 18.9 Å². The van der Waals surface area contributed by atoms with Crippen LogP contribution in [-0.4, -0.2) is 20.8 Å². The second kappa shape index (κ2) is 11.4. The molecular weight excluding hydrogens is 573 g/mol. The van der Waals surface area contributed by atoms with Crippen molar-refractivity contribution >= 4 is 33.6 Å². The molecular formula is C33H21F3N4O4. The lowest BCUT2D eigenvalue weighted by atomic mass is 10.1. The van der Waals surface area contributed by atoms with Crippen LogP contribution in [0.5, 0.6) is 5.75 Å². The van der Waals surface area contributed by atoms with E-state index in [0.29, 0.717) is 0 Å². The number of alkyl halides is 3. The van der Waals surface area contributed by atoms with Gasteiger partial charge < -0.3 is 4.74 Å². The smallest absolute Gasteiger partial charge is 0.416 e. The zero-order valence-electron chi connectivity index (χ0n) is 22.7. The molecule has 0 saturated heterocycles. The van der Waals surface area contributed by atoms with Gasteiger partial charge in [-0.1, -0.05) is 72.8 Å². The second-order valence-corrected chi connectivity index (χ2v) is 9.77. The molecule has 0 radical (unpaired) electrons. The van der Waals surface area contributed by atoms with Crippen molar-refractivity contribution in [1.82, 2.24) is 9.66 Å². The van der Waals surface area contributed by atoms with E-state index in [1.807, 2.05) is 42.5 Å². The molecule has 6 aromatic rings. The SMILES string of the molecule is O=c1c2ccccc2nc(-c2cccc(C(F)(F)F)c2)n1N=Cc1cccc([N+](=O)[O-])c1OCc1cccc2ccccc12. The first-order valence-corrected chi connectivity index (χ1v) is 13.3. The molecule has 0 atom stereocenters. The maximum atomic E-state index is 13.6. The first kappa shape index (κ1) is 28.3. The molecule has 0 unspecified atom stereocenters. The average molecular weight is 595 g/mol. The van der Waals surface area contributed by atoms with Gasteiger partial charge in [0.15, 0.2) is 5.82 Å². The topological polar surface area (TPSA) is 99.6 Å². The summed E-state index contributed by atoms with van der Waals surface area (Å²) in [6.07, 6.45) is -3.43. The largest absolute Gasteiger partial charge is 0.481 e. The third-order valence-electron chi connectivity index (χ3n) is 6.99. The molecule has 8 nitrogen and oxygen atoms in total. The highest BCUT2D eigenvalue weighted by molar-refractivity contribution is 5.87. The summed E-state index contributed by atoms with van der Waals surface area (Å²) >= 11 is 0. The summed E-state index contributed by atoms with van der Waals surface area (Å²) < 4.78 is 47.5. The number of nitro benzene ring substituents is 1. The summed E-state index contributed by atoms with van der Waals surface area (Å²) in [7, 11) is 0. The first-order chi connectivity index (χ1) is 21.2. The third kappa shape index (κ3) is 5.50. The van der Waals surface area contributed by atoms with E-state index in [1.54, 1.807) is 18.2 Å². The van der Waals surface area contributed by atoms with Gasteiger partial charge >= 0.3 is 11.9 Å². The van der Waals surface area contributed by atoms with E-state index in [1.165, 1.54) is 42.6 Å². The van der Waals surface area contributed by atoms with Crippen LogP contribution in [0.3, 0.4) is 0 Å². The second-order valence-electron chi connectivity index (χ2n) is 9.77. The van der Waals surface area contributed by atoms with Crippen molar-refractivity contribution in [3.05, 3.63) is 146 Å². The Balaban J connectivity index is 1.46. The van der Waals surface area contributed by atoms with Crippen LogP contribution in [0.2, 0.25) is 0 Å². The van der Waals surface area contributed by atoms with Gasteiger partial charge in [0.2, 0.25) is 5.75 Å². The highest BCUT2D eigenvalue weighted by Crippen LogP contribution is 2.33. The van der Waals surface area contributed by atoms with Gasteiger partial charge in [0, 0.05) is 17.2 Å². The Kier molecular flexibility index (Phi) is 7.36. The summed E-state index contributed by atoms with van der Waals surface area (Å²) in [6.45, 7) is 0.00000963. The normalized spacial score (nSPS) is 11.8. The molecule has 6 rings (SSSR count). The lowest BCUT2D eigenvalue weighted by molar-refractivity contribution is -0.385. The quantitative estimate of drug-likeness (QED) is 0.108. The van der Waals surface area contributed by atoms with Crippen LogP contribution in [-0.2, 0) is 12.8 Å². The molecule has 1 aromatic heterocycles. The Morgan fingerprint density at radius 1 is 0.886 bits per heavy atom. The zero-order chi connectivity index (χ0) is 30.8. The lowest BCUT2D eigenvalue weighted by Crippen LogP contribution is -2.20. The van der Waals surface area contributed by atoms with Gasteiger partial charge in [-0.3, -0.25) is 14.9 Å². The molecule has 0 aliphatic carbocycles. The summed E-state index contributed by atoms with van der Waals surface area (Å²) in [5.74, 6) is -0.226. The number of aromatic nitrogens is 2. The first-order valence-electron chi connectivity index (χ1n) is 13.3. The van der Waals surface area contributed by atoms with Gasteiger partial charge in [-0.15, -0.1) is 0 Å². The van der Waals surface area contributed by atoms with E-state index in [0.717, 1.165) is 33.1 Å². The Bertz CT molecular complexity index is 2140. The number of fused-ring (bicyclic) bond motifs is 2. The molecule has 5 aromatic carbocycles. The van der Waals surface area contributed by atoms with Crippen molar-refractivity contribution in [3.63, 3.8) is 0 Å². The Hall–Kier alpha value is -5.84. The van der Waals surface area contributed by atoms with Crippen molar-refractivity contribution in [2.24, 2.45) is 5.10 Å². The van der Waals surface area contributed by atoms with Crippen LogP contribution in [0, 0.1) is 10.1 Å². The lowest BCUT2D eigenvalue weighted by Gasteiger charge is -2.13. The highest BCUT2D eigenvalue weighted by atomic mass is 19.4. The summed E-state index contributed by atoms with van der Waals surface area (Å²) in [5, 5.41) is 18.3. The number of nitro groups is 1. The predicted octanol–water partition coefficient (Wildman–Crippen LogP) is 7.60. The van der Waals surface area contributed by atoms with Gasteiger partial charge in [-0.05, 0) is 46.7 Å². The van der Waals surface area contributed by atoms with Crippen molar-refractivity contribution in [3.8, 4) is 17.1 Å². The van der Waals surface area contributed by atoms with E-state index < -0.39 is 22.2 Å². The van der Waals surface area contributed by atoms with Crippen LogP contribution in [0.1, 0.15) is 16.7 Å². The standard InChI is InChI=1S/C33H21F3N4O4/c34-33(35,36)25-13-6-10-22(18-25)31-38-28-16-4-3-15-27(28)32(41)39(31)37-19-23-11-7-17-29(40(42)43)30(23)44-20-24-12-5-9-21-8-1-2-14-26(21)24/h1-19H,20H2. The molecule has 0 N–H and O–H groups in total. The summed E-state index contributed by atoms with van der Waals surface area (Å²) in [4.78, 5) is 29.4. The van der Waals surface area contributed by atoms with E-state index in [9.17, 15) is 28.1 Å². The maximum Gasteiger partial charge on any atom is 0.416 e. The van der Waals surface area contributed by atoms with Crippen LogP contribution in [0.15, 0.2) is 119 Å². The van der Waals surface area contributed by atoms with E-state index in [2.05, 4.69) is 10.1 Å². The van der Waals surface area contributed by atoms with E-state index in [4.69, 9.17) is 4.74 Å². The predicted molar refractivity (Wildman–Crippen MR) is 161 cm³/mol. The fraction of sp³-hybridized carbons (Fsp3) is 0.0606. The number of para-hydroxylation sites is 2. The maximum absolute atomic E-state index is 13.6. The third-order valence-corrected chi connectivity index (χ3v) is 6.99. The average Bonchev–Trinajstić information content (AvgIpc) is 3.03. The van der Waals surface area contributed by atoms with Crippen LogP contribution in [0.25, 0.3) is 33.1 Å². The molecule has 218 valence electrons. The van der Waals surface area contributed by atoms with Crippen LogP contribution >= 0.6 is 0 Å². The number of ether oxygens (including phenoxy) is 1. The molecule has 0 bridgehead atoms. The molecule has 0 amide bonds. The van der Waals surface area contributed by atoms with Crippen LogP contribution < -0.4 is 10.3 Å². The molecule has 11 heteroatoms. The van der Waals surface area contributed by atoms with E-state index >= 15 is 0 Å². The van der Waals surface area contributed by atoms with Gasteiger partial charge in [0.1, 0.15) is 6.61 Å². The summed E-state index contributed by atoms with van der Waals surface area (Å²) in [5.41, 5.74) is -0.632. The number of nitrogens with zero attached hydrogens (tertiary/aromatic N) is 4. The Morgan fingerprint density at radius 2 is 1.59 bits per heavy atom. The monoisotopic (exact) mass is 594 g/mol.